The van der Waals surface area contributed by atoms with Crippen LogP contribution in [0.1, 0.15) is 10.5 Å². The molecule has 1 heterocycles. The molecule has 0 N–H and O–H groups in total. The Kier molecular flexibility index (Phi) is 3.03. The highest BCUT2D eigenvalue weighted by Crippen LogP contribution is 2.31. The van der Waals surface area contributed by atoms with E-state index in [0.29, 0.717) is 15.7 Å². The molecule has 0 unspecified atom stereocenters. The van der Waals surface area contributed by atoms with Crippen LogP contribution < -0.4 is 0 Å². The first-order valence-corrected chi connectivity index (χ1v) is 5.45. The predicted molar refractivity (Wildman–Crippen MR) is 66.3 cm³/mol. The van der Waals surface area contributed by atoms with Gasteiger partial charge in [0, 0.05) is 28.4 Å². The Morgan fingerprint density at radius 2 is 1.94 bits per heavy atom. The first kappa shape index (κ1) is 11.2. The summed E-state index contributed by atoms with van der Waals surface area (Å²) in [7, 11) is 1.82. The van der Waals surface area contributed by atoms with Crippen LogP contribution in [0.3, 0.4) is 0 Å². The molecule has 1 aromatic carbocycles. The lowest BCUT2D eigenvalue weighted by molar-refractivity contribution is 0.111. The summed E-state index contributed by atoms with van der Waals surface area (Å²) in [5.74, 6) is 0. The molecule has 0 radical (unpaired) electrons. The van der Waals surface area contributed by atoms with E-state index in [2.05, 4.69) is 0 Å². The SMILES string of the molecule is Cn1c(C=O)ccc1-c1cc(Cl)ccc1Cl. The molecular weight excluding hydrogens is 245 g/mol. The summed E-state index contributed by atoms with van der Waals surface area (Å²) in [6.45, 7) is 0. The smallest absolute Gasteiger partial charge is 0.166 e. The van der Waals surface area contributed by atoms with Crippen LogP contribution in [-0.4, -0.2) is 10.9 Å². The molecule has 1 aromatic heterocycles. The van der Waals surface area contributed by atoms with Crippen LogP contribution in [0.25, 0.3) is 11.3 Å². The molecule has 0 aliphatic carbocycles. The van der Waals surface area contributed by atoms with Gasteiger partial charge in [-0.15, -0.1) is 0 Å². The van der Waals surface area contributed by atoms with Crippen molar-refractivity contribution in [3.8, 4) is 11.3 Å². The first-order chi connectivity index (χ1) is 7.63. The maximum Gasteiger partial charge on any atom is 0.166 e. The third-order valence-electron chi connectivity index (χ3n) is 2.49. The zero-order valence-electron chi connectivity index (χ0n) is 8.58. The minimum absolute atomic E-state index is 0.603. The van der Waals surface area contributed by atoms with Gasteiger partial charge in [0.25, 0.3) is 0 Å². The first-order valence-electron chi connectivity index (χ1n) is 4.70. The Labute approximate surface area is 103 Å². The summed E-state index contributed by atoms with van der Waals surface area (Å²) in [5, 5.41) is 1.23. The lowest BCUT2D eigenvalue weighted by atomic mass is 10.1. The van der Waals surface area contributed by atoms with Gasteiger partial charge in [-0.1, -0.05) is 23.2 Å². The number of halogens is 2. The fourth-order valence-corrected chi connectivity index (χ4v) is 2.00. The largest absolute Gasteiger partial charge is 0.341 e. The average Bonchev–Trinajstić information content (AvgIpc) is 2.63. The molecule has 0 amide bonds. The minimum Gasteiger partial charge on any atom is -0.341 e. The minimum atomic E-state index is 0.603. The molecule has 0 fully saturated rings. The highest BCUT2D eigenvalue weighted by molar-refractivity contribution is 6.35. The van der Waals surface area contributed by atoms with E-state index in [4.69, 9.17) is 23.2 Å². The summed E-state index contributed by atoms with van der Waals surface area (Å²) in [6.07, 6.45) is 0.807. The molecule has 0 saturated heterocycles. The lowest BCUT2D eigenvalue weighted by Crippen LogP contribution is -1.96. The van der Waals surface area contributed by atoms with Crippen molar-refractivity contribution in [3.63, 3.8) is 0 Å². The van der Waals surface area contributed by atoms with E-state index in [0.717, 1.165) is 17.5 Å². The molecule has 0 aliphatic rings. The van der Waals surface area contributed by atoms with Crippen molar-refractivity contribution in [2.45, 2.75) is 0 Å². The second kappa shape index (κ2) is 4.32. The molecule has 4 heteroatoms. The van der Waals surface area contributed by atoms with Gasteiger partial charge in [-0.3, -0.25) is 4.79 Å². The van der Waals surface area contributed by atoms with E-state index in [1.54, 1.807) is 28.8 Å². The number of hydrogen-bond donors (Lipinski definition) is 0. The number of aldehydes is 1. The van der Waals surface area contributed by atoms with Crippen LogP contribution in [0.2, 0.25) is 10.0 Å². The number of nitrogens with zero attached hydrogens (tertiary/aromatic N) is 1. The van der Waals surface area contributed by atoms with Crippen molar-refractivity contribution in [3.05, 3.63) is 46.1 Å². The maximum atomic E-state index is 10.7. The molecule has 82 valence electrons. The molecule has 0 saturated carbocycles. The molecule has 2 aromatic rings. The van der Waals surface area contributed by atoms with Crippen molar-refractivity contribution in [1.29, 1.82) is 0 Å². The zero-order valence-corrected chi connectivity index (χ0v) is 10.1. The maximum absolute atomic E-state index is 10.7. The van der Waals surface area contributed by atoms with Gasteiger partial charge in [0.2, 0.25) is 0 Å². The van der Waals surface area contributed by atoms with Crippen molar-refractivity contribution in [2.24, 2.45) is 7.05 Å². The van der Waals surface area contributed by atoms with Crippen LogP contribution >= 0.6 is 23.2 Å². The van der Waals surface area contributed by atoms with Crippen molar-refractivity contribution in [1.82, 2.24) is 4.57 Å². The molecular formula is C12H9Cl2NO. The number of hydrogen-bond acceptors (Lipinski definition) is 1. The lowest BCUT2D eigenvalue weighted by Gasteiger charge is -2.07. The number of carbonyl (C=O) groups excluding carboxylic acids is 1. The van der Waals surface area contributed by atoms with Crippen LogP contribution in [0.4, 0.5) is 0 Å². The topological polar surface area (TPSA) is 22.0 Å². The van der Waals surface area contributed by atoms with Gasteiger partial charge in [0.05, 0.1) is 5.69 Å². The summed E-state index contributed by atoms with van der Waals surface area (Å²) in [5.41, 5.74) is 2.30. The Morgan fingerprint density at radius 1 is 1.19 bits per heavy atom. The van der Waals surface area contributed by atoms with Crippen molar-refractivity contribution < 1.29 is 4.79 Å². The number of benzene rings is 1. The van der Waals surface area contributed by atoms with Gasteiger partial charge in [0.1, 0.15) is 0 Å². The quantitative estimate of drug-likeness (QED) is 0.747. The van der Waals surface area contributed by atoms with Crippen LogP contribution in [-0.2, 0) is 7.05 Å². The van der Waals surface area contributed by atoms with Gasteiger partial charge in [0.15, 0.2) is 6.29 Å². The number of rotatable bonds is 2. The predicted octanol–water partition coefficient (Wildman–Crippen LogP) is 3.81. The number of carbonyl (C=O) groups is 1. The molecule has 0 bridgehead atoms. The van der Waals surface area contributed by atoms with E-state index < -0.39 is 0 Å². The Bertz CT molecular complexity index is 546. The van der Waals surface area contributed by atoms with E-state index >= 15 is 0 Å². The van der Waals surface area contributed by atoms with Crippen molar-refractivity contribution in [2.75, 3.05) is 0 Å². The van der Waals surface area contributed by atoms with Crippen LogP contribution in [0.5, 0.6) is 0 Å². The van der Waals surface area contributed by atoms with Gasteiger partial charge >= 0.3 is 0 Å². The highest BCUT2D eigenvalue weighted by Gasteiger charge is 2.10. The van der Waals surface area contributed by atoms with Crippen LogP contribution in [0, 0.1) is 0 Å². The highest BCUT2D eigenvalue weighted by atomic mass is 35.5. The standard InChI is InChI=1S/C12H9Cl2NO/c1-15-9(7-16)3-5-12(15)10-6-8(13)2-4-11(10)14/h2-7H,1H3. The Morgan fingerprint density at radius 3 is 2.56 bits per heavy atom. The van der Waals surface area contributed by atoms with Gasteiger partial charge in [-0.25, -0.2) is 0 Å². The Balaban J connectivity index is 2.62. The van der Waals surface area contributed by atoms with Crippen LogP contribution in [0.15, 0.2) is 30.3 Å². The molecule has 0 atom stereocenters. The van der Waals surface area contributed by atoms with Gasteiger partial charge < -0.3 is 4.57 Å². The third kappa shape index (κ3) is 1.86. The molecule has 0 spiro atoms. The molecule has 0 aliphatic heterocycles. The fourth-order valence-electron chi connectivity index (χ4n) is 1.61. The van der Waals surface area contributed by atoms with Crippen molar-refractivity contribution >= 4 is 29.5 Å². The molecule has 2 rings (SSSR count). The fraction of sp³-hybridized carbons (Fsp3) is 0.0833. The van der Waals surface area contributed by atoms with E-state index in [9.17, 15) is 4.79 Å². The van der Waals surface area contributed by atoms with E-state index in [1.807, 2.05) is 13.1 Å². The van der Waals surface area contributed by atoms with Gasteiger partial charge in [-0.2, -0.15) is 0 Å². The summed E-state index contributed by atoms with van der Waals surface area (Å²) in [6, 6.07) is 8.86. The molecule has 16 heavy (non-hydrogen) atoms. The molecule has 2 nitrogen and oxygen atoms in total. The van der Waals surface area contributed by atoms with E-state index in [-0.39, 0.29) is 0 Å². The third-order valence-corrected chi connectivity index (χ3v) is 3.05. The Hall–Kier alpha value is -1.25. The second-order valence-electron chi connectivity index (χ2n) is 3.44. The number of aromatic nitrogens is 1. The van der Waals surface area contributed by atoms with Gasteiger partial charge in [-0.05, 0) is 30.3 Å². The zero-order chi connectivity index (χ0) is 11.7. The average molecular weight is 254 g/mol. The second-order valence-corrected chi connectivity index (χ2v) is 4.29. The van der Waals surface area contributed by atoms with E-state index in [1.165, 1.54) is 0 Å². The normalized spacial score (nSPS) is 10.4. The summed E-state index contributed by atoms with van der Waals surface area (Å²) in [4.78, 5) is 10.7. The summed E-state index contributed by atoms with van der Waals surface area (Å²) >= 11 is 12.0. The summed E-state index contributed by atoms with van der Waals surface area (Å²) < 4.78 is 1.78. The monoisotopic (exact) mass is 253 g/mol.